The Balaban J connectivity index is 0.820. The van der Waals surface area contributed by atoms with Crippen molar-refractivity contribution in [2.45, 2.75) is 93.9 Å². The Labute approximate surface area is 459 Å². The lowest BCUT2D eigenvalue weighted by molar-refractivity contribution is -0.134. The van der Waals surface area contributed by atoms with Gasteiger partial charge in [0.25, 0.3) is 0 Å². The number of unbranched alkanes of at least 4 members (excludes halogenated alkanes) is 2. The fourth-order valence-electron chi connectivity index (χ4n) is 12.4. The van der Waals surface area contributed by atoms with Crippen LogP contribution in [0.4, 0.5) is 0 Å². The van der Waals surface area contributed by atoms with Crippen LogP contribution in [0.15, 0.2) is 212 Å². The van der Waals surface area contributed by atoms with E-state index in [4.69, 9.17) is 28.4 Å². The number of benzene rings is 8. The molecule has 4 aliphatic rings. The molecule has 0 spiro atoms. The van der Waals surface area contributed by atoms with E-state index in [9.17, 15) is 5.11 Å². The third-order valence-corrected chi connectivity index (χ3v) is 16.7. The van der Waals surface area contributed by atoms with Gasteiger partial charge < -0.3 is 33.5 Å². The molecule has 78 heavy (non-hydrogen) atoms. The first-order valence-corrected chi connectivity index (χ1v) is 27.9. The highest BCUT2D eigenvalue weighted by molar-refractivity contribution is 5.87. The lowest BCUT2D eigenvalue weighted by atomic mass is 9.67. The van der Waals surface area contributed by atoms with Crippen LogP contribution in [-0.4, -0.2) is 56.6 Å². The van der Waals surface area contributed by atoms with Gasteiger partial charge >= 0.3 is 0 Å². The van der Waals surface area contributed by atoms with Crippen LogP contribution in [0.1, 0.15) is 109 Å². The Morgan fingerprint density at radius 1 is 0.551 bits per heavy atom. The molecule has 2 aliphatic heterocycles. The van der Waals surface area contributed by atoms with Crippen molar-refractivity contribution in [2.75, 3.05) is 33.0 Å². The number of hydrogen-bond donors (Lipinski definition) is 1. The summed E-state index contributed by atoms with van der Waals surface area (Å²) in [4.78, 5) is 0. The lowest BCUT2D eigenvalue weighted by Gasteiger charge is -2.35. The van der Waals surface area contributed by atoms with Gasteiger partial charge in [0.05, 0.1) is 36.3 Å². The molecule has 12 rings (SSSR count). The van der Waals surface area contributed by atoms with Gasteiger partial charge in [0.1, 0.15) is 42.5 Å². The van der Waals surface area contributed by atoms with Crippen LogP contribution < -0.4 is 9.47 Å². The second kappa shape index (κ2) is 21.5. The van der Waals surface area contributed by atoms with Crippen molar-refractivity contribution in [1.82, 2.24) is 0 Å². The molecule has 8 aromatic carbocycles. The predicted octanol–water partition coefficient (Wildman–Crippen LogP) is 14.8. The van der Waals surface area contributed by atoms with Crippen molar-refractivity contribution in [2.24, 2.45) is 0 Å². The first kappa shape index (κ1) is 51.4. The van der Waals surface area contributed by atoms with E-state index < -0.39 is 28.3 Å². The topological polar surface area (TPSA) is 82.2 Å². The molecule has 2 heterocycles. The molecule has 0 bridgehead atoms. The smallest absolute Gasteiger partial charge is 0.221 e. The number of fused-ring (bicyclic) bond motifs is 6. The van der Waals surface area contributed by atoms with Crippen molar-refractivity contribution in [1.29, 1.82) is 0 Å². The van der Waals surface area contributed by atoms with Gasteiger partial charge in [-0.1, -0.05) is 196 Å². The SMILES string of the molecule is CC=C=CC(C)(OCC1CO1)c1ccc(C2(c3ccc(OC(O)COC(C)(CCCCC)c4ccc(C5(c6ccc(OCC7CO7)cc6)c6ccccc6-c6ccccc65)cc4)cc3)c3ccccc3-c3ccccc32)cc1. The van der Waals surface area contributed by atoms with E-state index in [1.165, 1.54) is 55.6 Å². The third-order valence-electron chi connectivity index (χ3n) is 16.7. The van der Waals surface area contributed by atoms with Gasteiger partial charge in [-0.2, -0.15) is 0 Å². The van der Waals surface area contributed by atoms with Gasteiger partial charge in [-0.05, 0) is 141 Å². The number of ether oxygens (including phenoxy) is 6. The third kappa shape index (κ3) is 9.43. The van der Waals surface area contributed by atoms with E-state index >= 15 is 0 Å². The molecule has 2 fully saturated rings. The first-order valence-electron chi connectivity index (χ1n) is 27.9. The zero-order chi connectivity index (χ0) is 53.3. The molecule has 2 aliphatic carbocycles. The molecule has 0 saturated carbocycles. The summed E-state index contributed by atoms with van der Waals surface area (Å²) in [5, 5.41) is 11.7. The maximum Gasteiger partial charge on any atom is 0.221 e. The van der Waals surface area contributed by atoms with E-state index in [1.807, 2.05) is 31.2 Å². The lowest BCUT2D eigenvalue weighted by Crippen LogP contribution is -2.33. The summed E-state index contributed by atoms with van der Waals surface area (Å²) in [5.41, 5.74) is 17.2. The Bertz CT molecular complexity index is 3370. The molecular weight excluding hydrogens is 965 g/mol. The van der Waals surface area contributed by atoms with Gasteiger partial charge in [0.15, 0.2) is 0 Å². The molecule has 2 saturated heterocycles. The number of epoxide rings is 2. The summed E-state index contributed by atoms with van der Waals surface area (Å²) < 4.78 is 36.7. The molecule has 5 atom stereocenters. The highest BCUT2D eigenvalue weighted by Gasteiger charge is 2.48. The maximum absolute atomic E-state index is 11.7. The zero-order valence-electron chi connectivity index (χ0n) is 45.1. The summed E-state index contributed by atoms with van der Waals surface area (Å²) in [5.74, 6) is 1.39. The van der Waals surface area contributed by atoms with Crippen LogP contribution in [0.25, 0.3) is 22.3 Å². The van der Waals surface area contributed by atoms with Crippen molar-refractivity contribution in [3.8, 4) is 33.8 Å². The monoisotopic (exact) mass is 1030 g/mol. The van der Waals surface area contributed by atoms with E-state index in [0.29, 0.717) is 19.0 Å². The second-order valence-electron chi connectivity index (χ2n) is 21.7. The van der Waals surface area contributed by atoms with Gasteiger partial charge in [-0.3, -0.25) is 0 Å². The first-order chi connectivity index (χ1) is 38.2. The van der Waals surface area contributed by atoms with Gasteiger partial charge in [-0.15, -0.1) is 5.73 Å². The number of aliphatic hydroxyl groups is 1. The summed E-state index contributed by atoms with van der Waals surface area (Å²) in [6, 6.07) is 69.8. The largest absolute Gasteiger partial charge is 0.491 e. The summed E-state index contributed by atoms with van der Waals surface area (Å²) in [7, 11) is 0. The summed E-state index contributed by atoms with van der Waals surface area (Å²) in [6.45, 7) is 11.0. The quantitative estimate of drug-likeness (QED) is 0.0313. The zero-order valence-corrected chi connectivity index (χ0v) is 45.1. The van der Waals surface area contributed by atoms with Crippen LogP contribution in [-0.2, 0) is 41.0 Å². The molecule has 1 N–H and O–H groups in total. The van der Waals surface area contributed by atoms with Crippen molar-refractivity contribution in [3.63, 3.8) is 0 Å². The molecule has 0 radical (unpaired) electrons. The molecule has 5 unspecified atom stereocenters. The van der Waals surface area contributed by atoms with Gasteiger partial charge in [-0.25, -0.2) is 0 Å². The average Bonchev–Trinajstić information content (AvgIpc) is 4.57. The van der Waals surface area contributed by atoms with Crippen LogP contribution in [0.3, 0.4) is 0 Å². The van der Waals surface area contributed by atoms with Crippen molar-refractivity contribution in [3.05, 3.63) is 268 Å². The minimum absolute atomic E-state index is 0.0192. The number of hydrogen-bond acceptors (Lipinski definition) is 7. The number of aliphatic hydroxyl groups excluding tert-OH is 1. The van der Waals surface area contributed by atoms with Crippen LogP contribution >= 0.6 is 0 Å². The molecule has 8 aromatic rings. The van der Waals surface area contributed by atoms with E-state index in [2.05, 4.69) is 208 Å². The minimum atomic E-state index is -1.21. The Morgan fingerprint density at radius 2 is 0.974 bits per heavy atom. The Kier molecular flexibility index (Phi) is 14.2. The predicted molar refractivity (Wildman–Crippen MR) is 308 cm³/mol. The van der Waals surface area contributed by atoms with Gasteiger partial charge in [0, 0.05) is 0 Å². The maximum atomic E-state index is 11.7. The summed E-state index contributed by atoms with van der Waals surface area (Å²) >= 11 is 0. The molecule has 7 nitrogen and oxygen atoms in total. The van der Waals surface area contributed by atoms with E-state index in [0.717, 1.165) is 66.9 Å². The minimum Gasteiger partial charge on any atom is -0.491 e. The van der Waals surface area contributed by atoms with Gasteiger partial charge in [0.2, 0.25) is 6.29 Å². The normalized spacial score (nSPS) is 18.6. The highest BCUT2D eigenvalue weighted by Crippen LogP contribution is 2.58. The fourth-order valence-corrected chi connectivity index (χ4v) is 12.4. The Hall–Kier alpha value is -7.32. The second-order valence-corrected chi connectivity index (χ2v) is 21.7. The standard InChI is InChI=1S/C71H68O7/c1-5-7-17-43-69(4,50-28-32-51(33-29-50)70(53-34-38-55(39-35-53)73-44-57-45-74-57)63-22-13-9-18-59(63)60-19-10-14-23-64(60)70)77-48-67(72)78-56-40-36-54(37-41-56)71(65-24-15-11-20-61(65)62-21-12-16-25-66(62)71)52-30-26-49(27-31-52)68(3,42-8-6-2)76-47-58-46-75-58/h6,9-16,18-42,57-58,67,72H,5,7,17,43-48H2,1-4H3. The number of rotatable bonds is 22. The van der Waals surface area contributed by atoms with Crippen molar-refractivity contribution < 1.29 is 33.5 Å². The molecule has 0 aromatic heterocycles. The Morgan fingerprint density at radius 3 is 1.42 bits per heavy atom. The van der Waals surface area contributed by atoms with Crippen LogP contribution in [0, 0.1) is 0 Å². The molecular formula is C71H68O7. The molecule has 394 valence electrons. The van der Waals surface area contributed by atoms with Crippen LogP contribution in [0.2, 0.25) is 0 Å². The summed E-state index contributed by atoms with van der Waals surface area (Å²) in [6.07, 6.45) is 6.93. The molecule has 7 heteroatoms. The van der Waals surface area contributed by atoms with E-state index in [1.54, 1.807) is 0 Å². The highest BCUT2D eigenvalue weighted by atomic mass is 16.6. The van der Waals surface area contributed by atoms with Crippen LogP contribution in [0.5, 0.6) is 11.5 Å². The van der Waals surface area contributed by atoms with Crippen molar-refractivity contribution >= 4 is 0 Å². The molecule has 0 amide bonds. The van der Waals surface area contributed by atoms with E-state index in [-0.39, 0.29) is 18.8 Å². The average molecular weight is 1030 g/mol. The fraction of sp³-hybridized carbons (Fsp3) is 0.282.